The van der Waals surface area contributed by atoms with E-state index in [4.69, 9.17) is 5.73 Å². The van der Waals surface area contributed by atoms with Gasteiger partial charge in [-0.2, -0.15) is 0 Å². The van der Waals surface area contributed by atoms with Crippen LogP contribution in [0.15, 0.2) is 23.3 Å². The first-order valence-corrected chi connectivity index (χ1v) is 7.66. The molecule has 2 aromatic rings. The zero-order valence-electron chi connectivity index (χ0n) is 12.8. The Kier molecular flexibility index (Phi) is 5.20. The summed E-state index contributed by atoms with van der Waals surface area (Å²) in [6, 6.07) is 3.54. The molecule has 2 rings (SSSR count). The second kappa shape index (κ2) is 7.11. The second-order valence-electron chi connectivity index (χ2n) is 5.49. The zero-order chi connectivity index (χ0) is 15.2. The lowest BCUT2D eigenvalue weighted by Crippen LogP contribution is -2.15. The number of aromatic nitrogens is 2. The van der Waals surface area contributed by atoms with Gasteiger partial charge in [-0.05, 0) is 24.5 Å². The molecule has 21 heavy (non-hydrogen) atoms. The van der Waals surface area contributed by atoms with Crippen LogP contribution in [0.1, 0.15) is 39.5 Å². The van der Waals surface area contributed by atoms with Gasteiger partial charge in [0.25, 0.3) is 5.56 Å². The highest BCUT2D eigenvalue weighted by molar-refractivity contribution is 5.88. The lowest BCUT2D eigenvalue weighted by atomic mass is 9.99. The van der Waals surface area contributed by atoms with Gasteiger partial charge in [-0.25, -0.2) is 4.98 Å². The van der Waals surface area contributed by atoms with E-state index >= 15 is 0 Å². The first-order valence-electron chi connectivity index (χ1n) is 7.66. The van der Waals surface area contributed by atoms with E-state index in [0.29, 0.717) is 22.5 Å². The lowest BCUT2D eigenvalue weighted by molar-refractivity contribution is 0.473. The van der Waals surface area contributed by atoms with E-state index in [1.54, 1.807) is 6.07 Å². The number of anilines is 2. The Morgan fingerprint density at radius 2 is 2.19 bits per heavy atom. The molecule has 0 fully saturated rings. The number of nitrogens with two attached hydrogens (primary N) is 1. The van der Waals surface area contributed by atoms with Gasteiger partial charge in [0.15, 0.2) is 0 Å². The number of nitrogens with one attached hydrogen (secondary N) is 2. The number of rotatable bonds is 7. The molecule has 1 unspecified atom stereocenters. The van der Waals surface area contributed by atoms with Crippen LogP contribution in [-0.2, 0) is 0 Å². The average Bonchev–Trinajstić information content (AvgIpc) is 2.49. The number of nitrogens with zero attached hydrogens (tertiary/aromatic N) is 1. The van der Waals surface area contributed by atoms with Crippen molar-refractivity contribution in [2.45, 2.75) is 39.5 Å². The van der Waals surface area contributed by atoms with Crippen molar-refractivity contribution >= 4 is 22.3 Å². The highest BCUT2D eigenvalue weighted by Gasteiger charge is 2.09. The quantitative estimate of drug-likeness (QED) is 0.683. The zero-order valence-corrected chi connectivity index (χ0v) is 12.8. The number of fused-ring (bicyclic) bond motifs is 1. The molecular weight excluding hydrogens is 264 g/mol. The van der Waals surface area contributed by atoms with Crippen molar-refractivity contribution in [1.82, 2.24) is 9.97 Å². The molecule has 0 saturated carbocycles. The van der Waals surface area contributed by atoms with Crippen molar-refractivity contribution < 1.29 is 0 Å². The fourth-order valence-corrected chi connectivity index (χ4v) is 2.48. The van der Waals surface area contributed by atoms with E-state index in [1.165, 1.54) is 25.6 Å². The van der Waals surface area contributed by atoms with E-state index in [2.05, 4.69) is 29.1 Å². The lowest BCUT2D eigenvalue weighted by Gasteiger charge is -2.17. The fourth-order valence-electron chi connectivity index (χ4n) is 2.48. The van der Waals surface area contributed by atoms with Crippen LogP contribution in [0.2, 0.25) is 0 Å². The molecule has 0 aliphatic rings. The van der Waals surface area contributed by atoms with Crippen LogP contribution >= 0.6 is 0 Å². The van der Waals surface area contributed by atoms with Gasteiger partial charge >= 0.3 is 0 Å². The predicted octanol–water partition coefficient (Wildman–Crippen LogP) is 3.13. The van der Waals surface area contributed by atoms with Gasteiger partial charge in [-0.3, -0.25) is 4.79 Å². The molecule has 5 nitrogen and oxygen atoms in total. The Hall–Kier alpha value is -2.04. The van der Waals surface area contributed by atoms with Crippen molar-refractivity contribution in [2.24, 2.45) is 5.92 Å². The summed E-state index contributed by atoms with van der Waals surface area (Å²) in [5, 5.41) is 3.93. The smallest absolute Gasteiger partial charge is 0.258 e. The Morgan fingerprint density at radius 1 is 1.38 bits per heavy atom. The Morgan fingerprint density at radius 3 is 2.90 bits per heavy atom. The number of hydrogen-bond donors (Lipinski definition) is 3. The molecule has 5 heteroatoms. The van der Waals surface area contributed by atoms with Gasteiger partial charge in [-0.1, -0.05) is 33.1 Å². The van der Waals surface area contributed by atoms with E-state index in [1.807, 2.05) is 6.07 Å². The summed E-state index contributed by atoms with van der Waals surface area (Å²) in [6.07, 6.45) is 6.27. The van der Waals surface area contributed by atoms with E-state index in [0.717, 1.165) is 18.7 Å². The number of nitrogen functional groups attached to an aromatic ring is 1. The van der Waals surface area contributed by atoms with Crippen molar-refractivity contribution in [3.63, 3.8) is 0 Å². The molecule has 0 saturated heterocycles. The van der Waals surface area contributed by atoms with Crippen LogP contribution in [0, 0.1) is 5.92 Å². The van der Waals surface area contributed by atoms with Crippen LogP contribution in [0.5, 0.6) is 0 Å². The summed E-state index contributed by atoms with van der Waals surface area (Å²) in [5.74, 6) is 0.646. The SMILES string of the molecule is CCCCC(CC)CNc1cc2nc[nH]c(=O)c2cc1N. The molecule has 0 aliphatic heterocycles. The molecule has 114 valence electrons. The third kappa shape index (κ3) is 3.74. The number of unbranched alkanes of at least 4 members (excludes halogenated alkanes) is 1. The van der Waals surface area contributed by atoms with Crippen molar-refractivity contribution in [3.05, 3.63) is 28.8 Å². The van der Waals surface area contributed by atoms with E-state index in [9.17, 15) is 4.79 Å². The maximum atomic E-state index is 11.7. The van der Waals surface area contributed by atoms with Crippen LogP contribution in [0.4, 0.5) is 11.4 Å². The molecule has 0 bridgehead atoms. The molecule has 1 aromatic heterocycles. The van der Waals surface area contributed by atoms with Gasteiger partial charge in [0.1, 0.15) is 0 Å². The maximum Gasteiger partial charge on any atom is 0.258 e. The van der Waals surface area contributed by atoms with Crippen molar-refractivity contribution in [1.29, 1.82) is 0 Å². The highest BCUT2D eigenvalue weighted by atomic mass is 16.1. The van der Waals surface area contributed by atoms with Crippen LogP contribution in [-0.4, -0.2) is 16.5 Å². The standard InChI is InChI=1S/C16H24N4O/c1-3-5-6-11(4-2)9-18-15-8-14-12(7-13(15)17)16(21)20-10-19-14/h7-8,10-11,18H,3-6,9,17H2,1-2H3,(H,19,20,21). The molecular formula is C16H24N4O. The third-order valence-corrected chi connectivity index (χ3v) is 3.94. The Bertz CT molecular complexity index is 650. The third-order valence-electron chi connectivity index (χ3n) is 3.94. The maximum absolute atomic E-state index is 11.7. The molecule has 0 spiro atoms. The largest absolute Gasteiger partial charge is 0.397 e. The van der Waals surface area contributed by atoms with E-state index < -0.39 is 0 Å². The van der Waals surface area contributed by atoms with Gasteiger partial charge in [0.2, 0.25) is 0 Å². The fraction of sp³-hybridized carbons (Fsp3) is 0.500. The van der Waals surface area contributed by atoms with Gasteiger partial charge in [-0.15, -0.1) is 0 Å². The number of benzene rings is 1. The average molecular weight is 288 g/mol. The monoisotopic (exact) mass is 288 g/mol. The Labute approximate surface area is 125 Å². The normalized spacial score (nSPS) is 12.5. The first kappa shape index (κ1) is 15.4. The van der Waals surface area contributed by atoms with Crippen LogP contribution < -0.4 is 16.6 Å². The van der Waals surface area contributed by atoms with Crippen LogP contribution in [0.3, 0.4) is 0 Å². The van der Waals surface area contributed by atoms with Crippen molar-refractivity contribution in [3.8, 4) is 0 Å². The summed E-state index contributed by atoms with van der Waals surface area (Å²) < 4.78 is 0. The van der Waals surface area contributed by atoms with Crippen LogP contribution in [0.25, 0.3) is 10.9 Å². The summed E-state index contributed by atoms with van der Waals surface area (Å²) in [5.41, 5.74) is 7.99. The van der Waals surface area contributed by atoms with Gasteiger partial charge in [0.05, 0.1) is 28.6 Å². The number of aromatic amines is 1. The number of hydrogen-bond acceptors (Lipinski definition) is 4. The molecule has 1 atom stereocenters. The second-order valence-corrected chi connectivity index (χ2v) is 5.49. The minimum atomic E-state index is -0.160. The molecule has 0 aliphatic carbocycles. The molecule has 1 aromatic carbocycles. The van der Waals surface area contributed by atoms with Gasteiger partial charge in [0, 0.05) is 6.54 Å². The molecule has 1 heterocycles. The minimum Gasteiger partial charge on any atom is -0.397 e. The van der Waals surface area contributed by atoms with Crippen molar-refractivity contribution in [2.75, 3.05) is 17.6 Å². The highest BCUT2D eigenvalue weighted by Crippen LogP contribution is 2.24. The van der Waals surface area contributed by atoms with E-state index in [-0.39, 0.29) is 5.56 Å². The summed E-state index contributed by atoms with van der Waals surface area (Å²) in [4.78, 5) is 18.5. The molecule has 4 N–H and O–H groups in total. The topological polar surface area (TPSA) is 83.8 Å². The number of H-pyrrole nitrogens is 1. The molecule has 0 radical (unpaired) electrons. The first-order chi connectivity index (χ1) is 10.2. The summed E-state index contributed by atoms with van der Waals surface area (Å²) in [7, 11) is 0. The minimum absolute atomic E-state index is 0.160. The van der Waals surface area contributed by atoms with Gasteiger partial charge < -0.3 is 16.0 Å². The predicted molar refractivity (Wildman–Crippen MR) is 88.6 cm³/mol. The Balaban J connectivity index is 2.15. The summed E-state index contributed by atoms with van der Waals surface area (Å²) >= 11 is 0. The summed E-state index contributed by atoms with van der Waals surface area (Å²) in [6.45, 7) is 5.33. The molecule has 0 amide bonds.